The Morgan fingerprint density at radius 3 is 2.36 bits per heavy atom. The highest BCUT2D eigenvalue weighted by molar-refractivity contribution is 5.89. The van der Waals surface area contributed by atoms with Crippen molar-refractivity contribution in [2.24, 2.45) is 0 Å². The largest absolute Gasteiger partial charge is 0.354 e. The number of nitrogens with zero attached hydrogens (tertiary/aromatic N) is 2. The summed E-state index contributed by atoms with van der Waals surface area (Å²) in [6.07, 6.45) is 1.95. The van der Waals surface area contributed by atoms with E-state index in [0.29, 0.717) is 18.5 Å². The van der Waals surface area contributed by atoms with Crippen LogP contribution in [0.1, 0.15) is 42.0 Å². The second-order valence-electron chi connectivity index (χ2n) is 8.92. The van der Waals surface area contributed by atoms with Crippen molar-refractivity contribution < 1.29 is 14.5 Å². The van der Waals surface area contributed by atoms with Crippen molar-refractivity contribution in [1.82, 2.24) is 10.2 Å². The number of carbonyl (C=O) groups excluding carboxylic acids is 2. The molecule has 0 saturated carbocycles. The van der Waals surface area contributed by atoms with Crippen molar-refractivity contribution in [3.8, 4) is 0 Å². The van der Waals surface area contributed by atoms with Crippen molar-refractivity contribution in [1.29, 1.82) is 0 Å². The summed E-state index contributed by atoms with van der Waals surface area (Å²) in [5.74, 6) is -0.562. The highest BCUT2D eigenvalue weighted by atomic mass is 16.6. The Morgan fingerprint density at radius 2 is 1.67 bits per heavy atom. The molecule has 36 heavy (non-hydrogen) atoms. The van der Waals surface area contributed by atoms with Crippen LogP contribution in [0.5, 0.6) is 0 Å². The van der Waals surface area contributed by atoms with E-state index < -0.39 is 11.0 Å². The summed E-state index contributed by atoms with van der Waals surface area (Å²) < 4.78 is 0. The van der Waals surface area contributed by atoms with Crippen LogP contribution in [0.2, 0.25) is 0 Å². The molecule has 0 aliphatic heterocycles. The van der Waals surface area contributed by atoms with Crippen molar-refractivity contribution in [2.75, 3.05) is 6.54 Å². The van der Waals surface area contributed by atoms with Gasteiger partial charge < -0.3 is 10.2 Å². The second-order valence-corrected chi connectivity index (χ2v) is 8.92. The van der Waals surface area contributed by atoms with E-state index in [9.17, 15) is 19.7 Å². The smallest absolute Gasteiger partial charge is 0.273 e. The molecule has 0 saturated heterocycles. The van der Waals surface area contributed by atoms with Gasteiger partial charge in [-0.25, -0.2) is 0 Å². The first kappa shape index (κ1) is 26.6. The third-order valence-electron chi connectivity index (χ3n) is 6.07. The number of nitro groups is 1. The molecule has 0 radical (unpaired) electrons. The first-order chi connectivity index (χ1) is 17.4. The van der Waals surface area contributed by atoms with Crippen LogP contribution in [0.3, 0.4) is 0 Å². The van der Waals surface area contributed by atoms with E-state index in [1.807, 2.05) is 68.4 Å². The summed E-state index contributed by atoms with van der Waals surface area (Å²) in [7, 11) is 0. The number of carbonyl (C=O) groups is 2. The number of unbranched alkanes of at least 4 members (excludes halogenated alkanes) is 1. The van der Waals surface area contributed by atoms with E-state index in [1.165, 1.54) is 6.07 Å². The van der Waals surface area contributed by atoms with Crippen LogP contribution in [0.15, 0.2) is 78.9 Å². The molecular weight excluding hydrogens is 454 g/mol. The molecule has 0 aliphatic rings. The number of hydrogen-bond donors (Lipinski definition) is 1. The number of aryl methyl sites for hydroxylation is 1. The second kappa shape index (κ2) is 13.2. The molecule has 3 aromatic rings. The Kier molecular flexibility index (Phi) is 9.74. The van der Waals surface area contributed by atoms with Gasteiger partial charge in [0.1, 0.15) is 6.04 Å². The van der Waals surface area contributed by atoms with Gasteiger partial charge in [0.25, 0.3) is 5.69 Å². The number of para-hydroxylation sites is 1. The van der Waals surface area contributed by atoms with Gasteiger partial charge in [0.2, 0.25) is 11.8 Å². The lowest BCUT2D eigenvalue weighted by atomic mass is 10.0. The molecule has 0 bridgehead atoms. The zero-order valence-corrected chi connectivity index (χ0v) is 20.9. The highest BCUT2D eigenvalue weighted by Crippen LogP contribution is 2.22. The van der Waals surface area contributed by atoms with Crippen LogP contribution in [0, 0.1) is 17.0 Å². The van der Waals surface area contributed by atoms with E-state index in [-0.39, 0.29) is 30.5 Å². The molecular formula is C29H33N3O4. The standard InChI is InChI=1S/C29H33N3O4/c1-3-4-17-30-29(34)27(19-23-12-6-5-7-13-23)31(21-24-14-10-11-22(2)18-24)28(33)20-25-15-8-9-16-26(25)32(35)36/h5-16,18,27H,3-4,17,19-21H2,1-2H3,(H,30,34)/t27-/m0/s1. The fourth-order valence-electron chi connectivity index (χ4n) is 4.17. The van der Waals surface area contributed by atoms with Crippen LogP contribution in [0.25, 0.3) is 0 Å². The molecule has 0 spiro atoms. The topological polar surface area (TPSA) is 92.6 Å². The van der Waals surface area contributed by atoms with Gasteiger partial charge in [-0.3, -0.25) is 19.7 Å². The summed E-state index contributed by atoms with van der Waals surface area (Å²) in [5, 5.41) is 14.5. The van der Waals surface area contributed by atoms with Crippen LogP contribution in [-0.2, 0) is 29.0 Å². The monoisotopic (exact) mass is 487 g/mol. The molecule has 2 amide bonds. The molecule has 1 atom stereocenters. The maximum absolute atomic E-state index is 13.8. The van der Waals surface area contributed by atoms with Crippen molar-refractivity contribution in [3.63, 3.8) is 0 Å². The maximum Gasteiger partial charge on any atom is 0.273 e. The summed E-state index contributed by atoms with van der Waals surface area (Å²) in [5.41, 5.74) is 3.09. The molecule has 7 nitrogen and oxygen atoms in total. The summed E-state index contributed by atoms with van der Waals surface area (Å²) in [6, 6.07) is 22.9. The Bertz CT molecular complexity index is 1180. The minimum absolute atomic E-state index is 0.103. The molecule has 188 valence electrons. The van der Waals surface area contributed by atoms with E-state index in [1.54, 1.807) is 23.1 Å². The van der Waals surface area contributed by atoms with E-state index in [4.69, 9.17) is 0 Å². The van der Waals surface area contributed by atoms with Gasteiger partial charge in [-0.2, -0.15) is 0 Å². The Labute approximate surface area is 212 Å². The van der Waals surface area contributed by atoms with Gasteiger partial charge in [0.15, 0.2) is 0 Å². The number of benzene rings is 3. The Morgan fingerprint density at radius 1 is 0.972 bits per heavy atom. The summed E-state index contributed by atoms with van der Waals surface area (Å²) in [6.45, 7) is 4.77. The highest BCUT2D eigenvalue weighted by Gasteiger charge is 2.31. The molecule has 0 heterocycles. The molecule has 3 aromatic carbocycles. The SMILES string of the molecule is CCCCNC(=O)[C@H](Cc1ccccc1)N(Cc1cccc(C)c1)C(=O)Cc1ccccc1[N+](=O)[O-]. The summed E-state index contributed by atoms with van der Waals surface area (Å²) >= 11 is 0. The van der Waals surface area contributed by atoms with E-state index in [2.05, 4.69) is 5.32 Å². The molecule has 0 aliphatic carbocycles. The van der Waals surface area contributed by atoms with Gasteiger partial charge in [-0.1, -0.05) is 91.7 Å². The molecule has 1 N–H and O–H groups in total. The average Bonchev–Trinajstić information content (AvgIpc) is 2.87. The third-order valence-corrected chi connectivity index (χ3v) is 6.07. The van der Waals surface area contributed by atoms with Crippen molar-refractivity contribution in [3.05, 3.63) is 111 Å². The minimum Gasteiger partial charge on any atom is -0.354 e. The molecule has 0 aromatic heterocycles. The number of hydrogen-bond acceptors (Lipinski definition) is 4. The number of amides is 2. The van der Waals surface area contributed by atoms with Gasteiger partial charge >= 0.3 is 0 Å². The molecule has 7 heteroatoms. The third kappa shape index (κ3) is 7.50. The zero-order chi connectivity index (χ0) is 25.9. The van der Waals surface area contributed by atoms with Crippen molar-refractivity contribution >= 4 is 17.5 Å². The Balaban J connectivity index is 1.99. The van der Waals surface area contributed by atoms with Gasteiger partial charge in [0, 0.05) is 31.1 Å². The first-order valence-electron chi connectivity index (χ1n) is 12.3. The summed E-state index contributed by atoms with van der Waals surface area (Å²) in [4.78, 5) is 39.8. The lowest BCUT2D eigenvalue weighted by Gasteiger charge is -2.32. The fraction of sp³-hybridized carbons (Fsp3) is 0.310. The predicted molar refractivity (Wildman–Crippen MR) is 140 cm³/mol. The number of nitrogens with one attached hydrogen (secondary N) is 1. The van der Waals surface area contributed by atoms with Crippen LogP contribution >= 0.6 is 0 Å². The van der Waals surface area contributed by atoms with E-state index in [0.717, 1.165) is 29.5 Å². The Hall–Kier alpha value is -4.00. The first-order valence-corrected chi connectivity index (χ1v) is 12.3. The molecule has 3 rings (SSSR count). The normalized spacial score (nSPS) is 11.5. The molecule has 0 unspecified atom stereocenters. The van der Waals surface area contributed by atoms with Crippen LogP contribution in [0.4, 0.5) is 5.69 Å². The zero-order valence-electron chi connectivity index (χ0n) is 20.9. The number of rotatable bonds is 12. The lowest BCUT2D eigenvalue weighted by Crippen LogP contribution is -2.51. The van der Waals surface area contributed by atoms with Crippen molar-refractivity contribution in [2.45, 2.75) is 52.1 Å². The van der Waals surface area contributed by atoms with E-state index >= 15 is 0 Å². The van der Waals surface area contributed by atoms with Crippen LogP contribution in [-0.4, -0.2) is 34.2 Å². The quantitative estimate of drug-likeness (QED) is 0.221. The van der Waals surface area contributed by atoms with Gasteiger partial charge in [-0.05, 0) is 24.5 Å². The van der Waals surface area contributed by atoms with Gasteiger partial charge in [0.05, 0.1) is 11.3 Å². The maximum atomic E-state index is 13.8. The van der Waals surface area contributed by atoms with Gasteiger partial charge in [-0.15, -0.1) is 0 Å². The number of nitro benzene ring substituents is 1. The molecule has 0 fully saturated rings. The minimum atomic E-state index is -0.764. The predicted octanol–water partition coefficient (Wildman–Crippen LogP) is 5.00. The fourth-order valence-corrected chi connectivity index (χ4v) is 4.17. The van der Waals surface area contributed by atoms with Crippen LogP contribution < -0.4 is 5.32 Å². The lowest BCUT2D eigenvalue weighted by molar-refractivity contribution is -0.385. The average molecular weight is 488 g/mol.